The summed E-state index contributed by atoms with van der Waals surface area (Å²) in [7, 11) is 0. The first-order valence-electron chi connectivity index (χ1n) is 5.89. The van der Waals surface area contributed by atoms with Crippen LogP contribution in [0.25, 0.3) is 0 Å². The van der Waals surface area contributed by atoms with Gasteiger partial charge in [-0.1, -0.05) is 5.92 Å². The number of nitrogen functional groups attached to an aromatic ring is 1. The maximum atomic E-state index is 13.6. The third kappa shape index (κ3) is 2.80. The van der Waals surface area contributed by atoms with Gasteiger partial charge in [0.25, 0.3) is 5.91 Å². The highest BCUT2D eigenvalue weighted by atomic mass is 19.1. The minimum Gasteiger partial charge on any atom is -0.399 e. The van der Waals surface area contributed by atoms with E-state index in [0.29, 0.717) is 18.2 Å². The van der Waals surface area contributed by atoms with Crippen LogP contribution < -0.4 is 5.73 Å². The van der Waals surface area contributed by atoms with Crippen molar-refractivity contribution in [2.75, 3.05) is 18.8 Å². The molecule has 1 fully saturated rings. The standard InChI is InChI=1S/C14H15FN2O/c1-2-7-17(9-10-3-4-10)14(18)12-8-11(16)5-6-13(12)15/h1,5-6,8,10H,3-4,7,9,16H2. The van der Waals surface area contributed by atoms with Gasteiger partial charge in [0, 0.05) is 12.2 Å². The van der Waals surface area contributed by atoms with Gasteiger partial charge in [0.2, 0.25) is 0 Å². The van der Waals surface area contributed by atoms with E-state index < -0.39 is 5.82 Å². The molecule has 4 heteroatoms. The predicted octanol–water partition coefficient (Wildman–Crippen LogP) is 1.89. The Morgan fingerprint density at radius 3 is 2.89 bits per heavy atom. The number of amides is 1. The van der Waals surface area contributed by atoms with E-state index in [2.05, 4.69) is 5.92 Å². The van der Waals surface area contributed by atoms with Crippen LogP contribution in [0.15, 0.2) is 18.2 Å². The van der Waals surface area contributed by atoms with Crippen molar-refractivity contribution in [3.8, 4) is 12.3 Å². The summed E-state index contributed by atoms with van der Waals surface area (Å²) in [5.74, 6) is 2.00. The lowest BCUT2D eigenvalue weighted by atomic mass is 10.1. The number of benzene rings is 1. The van der Waals surface area contributed by atoms with Crippen molar-refractivity contribution in [2.24, 2.45) is 5.92 Å². The number of nitrogens with two attached hydrogens (primary N) is 1. The molecule has 0 saturated heterocycles. The smallest absolute Gasteiger partial charge is 0.257 e. The quantitative estimate of drug-likeness (QED) is 0.651. The normalized spacial score (nSPS) is 14.0. The lowest BCUT2D eigenvalue weighted by molar-refractivity contribution is 0.0765. The predicted molar refractivity (Wildman–Crippen MR) is 68.3 cm³/mol. The molecule has 18 heavy (non-hydrogen) atoms. The van der Waals surface area contributed by atoms with Crippen molar-refractivity contribution in [3.63, 3.8) is 0 Å². The molecular formula is C14H15FN2O. The Bertz CT molecular complexity index is 503. The molecular weight excluding hydrogens is 231 g/mol. The Hall–Kier alpha value is -2.02. The zero-order chi connectivity index (χ0) is 13.1. The summed E-state index contributed by atoms with van der Waals surface area (Å²) >= 11 is 0. The van der Waals surface area contributed by atoms with E-state index in [1.54, 1.807) is 0 Å². The molecule has 0 spiro atoms. The number of hydrogen-bond acceptors (Lipinski definition) is 2. The van der Waals surface area contributed by atoms with Gasteiger partial charge in [0.1, 0.15) is 5.82 Å². The number of hydrogen-bond donors (Lipinski definition) is 1. The molecule has 0 aromatic heterocycles. The van der Waals surface area contributed by atoms with Gasteiger partial charge in [-0.15, -0.1) is 6.42 Å². The molecule has 1 saturated carbocycles. The van der Waals surface area contributed by atoms with Gasteiger partial charge < -0.3 is 10.6 Å². The number of rotatable bonds is 4. The monoisotopic (exact) mass is 246 g/mol. The van der Waals surface area contributed by atoms with Crippen molar-refractivity contribution in [1.29, 1.82) is 0 Å². The van der Waals surface area contributed by atoms with Crippen molar-refractivity contribution < 1.29 is 9.18 Å². The molecule has 1 aliphatic rings. The van der Waals surface area contributed by atoms with Crippen LogP contribution in [0.3, 0.4) is 0 Å². The maximum Gasteiger partial charge on any atom is 0.257 e. The van der Waals surface area contributed by atoms with E-state index in [4.69, 9.17) is 12.2 Å². The Balaban J connectivity index is 2.20. The Labute approximate surface area is 106 Å². The van der Waals surface area contributed by atoms with Crippen LogP contribution in [0.5, 0.6) is 0 Å². The third-order valence-electron chi connectivity index (χ3n) is 2.97. The molecule has 1 aromatic carbocycles. The van der Waals surface area contributed by atoms with Crippen LogP contribution in [0.1, 0.15) is 23.2 Å². The summed E-state index contributed by atoms with van der Waals surface area (Å²) in [6.07, 6.45) is 7.46. The van der Waals surface area contributed by atoms with Crippen LogP contribution in [-0.4, -0.2) is 23.9 Å². The molecule has 0 unspecified atom stereocenters. The van der Waals surface area contributed by atoms with Gasteiger partial charge in [-0.2, -0.15) is 0 Å². The van der Waals surface area contributed by atoms with Gasteiger partial charge in [-0.25, -0.2) is 4.39 Å². The SMILES string of the molecule is C#CCN(CC1CC1)C(=O)c1cc(N)ccc1F. The number of anilines is 1. The first kappa shape index (κ1) is 12.4. The molecule has 1 amide bonds. The summed E-state index contributed by atoms with van der Waals surface area (Å²) in [6.45, 7) is 0.793. The maximum absolute atomic E-state index is 13.6. The number of terminal acetylenes is 1. The molecule has 1 aliphatic carbocycles. The van der Waals surface area contributed by atoms with Crippen LogP contribution >= 0.6 is 0 Å². The fraction of sp³-hybridized carbons (Fsp3) is 0.357. The van der Waals surface area contributed by atoms with Crippen LogP contribution in [0.2, 0.25) is 0 Å². The minimum atomic E-state index is -0.563. The molecule has 94 valence electrons. The Morgan fingerprint density at radius 2 is 2.28 bits per heavy atom. The van der Waals surface area contributed by atoms with E-state index in [-0.39, 0.29) is 18.0 Å². The van der Waals surface area contributed by atoms with Crippen molar-refractivity contribution in [3.05, 3.63) is 29.6 Å². The number of carbonyl (C=O) groups excluding carboxylic acids is 1. The summed E-state index contributed by atoms with van der Waals surface area (Å²) < 4.78 is 13.6. The van der Waals surface area contributed by atoms with Gasteiger partial charge in [0.15, 0.2) is 0 Å². The summed E-state index contributed by atoms with van der Waals surface area (Å²) in [5.41, 5.74) is 5.93. The third-order valence-corrected chi connectivity index (χ3v) is 2.97. The number of carbonyl (C=O) groups is 1. The molecule has 2 rings (SSSR count). The molecule has 0 atom stereocenters. The van der Waals surface area contributed by atoms with Crippen molar-refractivity contribution >= 4 is 11.6 Å². The van der Waals surface area contributed by atoms with Crippen molar-refractivity contribution in [1.82, 2.24) is 4.90 Å². The topological polar surface area (TPSA) is 46.3 Å². The van der Waals surface area contributed by atoms with Crippen LogP contribution in [-0.2, 0) is 0 Å². The lowest BCUT2D eigenvalue weighted by Gasteiger charge is -2.20. The number of nitrogens with zero attached hydrogens (tertiary/aromatic N) is 1. The summed E-state index contributed by atoms with van der Waals surface area (Å²) in [5, 5.41) is 0. The van der Waals surface area contributed by atoms with E-state index in [1.807, 2.05) is 0 Å². The summed E-state index contributed by atoms with van der Waals surface area (Å²) in [4.78, 5) is 13.7. The first-order valence-corrected chi connectivity index (χ1v) is 5.89. The Morgan fingerprint density at radius 1 is 1.56 bits per heavy atom. The van der Waals surface area contributed by atoms with Gasteiger partial charge in [0.05, 0.1) is 12.1 Å². The van der Waals surface area contributed by atoms with Gasteiger partial charge in [-0.3, -0.25) is 4.79 Å². The zero-order valence-electron chi connectivity index (χ0n) is 10.0. The van der Waals surface area contributed by atoms with Crippen LogP contribution in [0, 0.1) is 24.1 Å². The molecule has 0 radical (unpaired) electrons. The highest BCUT2D eigenvalue weighted by molar-refractivity contribution is 5.95. The van der Waals surface area contributed by atoms with E-state index in [1.165, 1.54) is 23.1 Å². The highest BCUT2D eigenvalue weighted by Gasteiger charge is 2.27. The average molecular weight is 246 g/mol. The van der Waals surface area contributed by atoms with Gasteiger partial charge >= 0.3 is 0 Å². The highest BCUT2D eigenvalue weighted by Crippen LogP contribution is 2.30. The molecule has 2 N–H and O–H groups in total. The second-order valence-corrected chi connectivity index (χ2v) is 4.57. The fourth-order valence-electron chi connectivity index (χ4n) is 1.82. The lowest BCUT2D eigenvalue weighted by Crippen LogP contribution is -2.33. The summed E-state index contributed by atoms with van der Waals surface area (Å²) in [6, 6.07) is 3.99. The molecule has 3 nitrogen and oxygen atoms in total. The van der Waals surface area contributed by atoms with E-state index >= 15 is 0 Å². The van der Waals surface area contributed by atoms with Crippen molar-refractivity contribution in [2.45, 2.75) is 12.8 Å². The second kappa shape index (κ2) is 5.09. The first-order chi connectivity index (χ1) is 8.61. The van der Waals surface area contributed by atoms with Crippen LogP contribution in [0.4, 0.5) is 10.1 Å². The Kier molecular flexibility index (Phi) is 3.52. The largest absolute Gasteiger partial charge is 0.399 e. The molecule has 0 aliphatic heterocycles. The minimum absolute atomic E-state index is 0.00843. The fourth-order valence-corrected chi connectivity index (χ4v) is 1.82. The zero-order valence-corrected chi connectivity index (χ0v) is 10.0. The second-order valence-electron chi connectivity index (χ2n) is 4.57. The van der Waals surface area contributed by atoms with Gasteiger partial charge in [-0.05, 0) is 37.0 Å². The number of halogens is 1. The molecule has 1 aromatic rings. The molecule has 0 heterocycles. The van der Waals surface area contributed by atoms with E-state index in [0.717, 1.165) is 12.8 Å². The van der Waals surface area contributed by atoms with E-state index in [9.17, 15) is 9.18 Å². The molecule has 0 bridgehead atoms. The average Bonchev–Trinajstić information content (AvgIpc) is 3.15.